The predicted octanol–water partition coefficient (Wildman–Crippen LogP) is 4.14. The molecule has 0 atom stereocenters. The van der Waals surface area contributed by atoms with Crippen molar-refractivity contribution in [1.82, 2.24) is 33.8 Å². The van der Waals surface area contributed by atoms with E-state index in [-0.39, 0.29) is 0 Å². The van der Waals surface area contributed by atoms with Crippen LogP contribution in [0.5, 0.6) is 0 Å². The molecule has 0 saturated carbocycles. The molecule has 5 heterocycles. The minimum absolute atomic E-state index is 0.721. The normalized spacial score (nSPS) is 13.7. The van der Waals surface area contributed by atoms with E-state index in [0.717, 1.165) is 58.7 Å². The quantitative estimate of drug-likeness (QED) is 0.437. The first-order valence-electron chi connectivity index (χ1n) is 10.1. The number of aryl methyl sites for hydroxylation is 1. The molecular weight excluding hydrogens is 408 g/mol. The molecule has 8 nitrogen and oxygen atoms in total. The molecule has 6 rings (SSSR count). The van der Waals surface area contributed by atoms with Gasteiger partial charge < -0.3 is 5.32 Å². The van der Waals surface area contributed by atoms with Gasteiger partial charge in [-0.05, 0) is 35.6 Å². The zero-order chi connectivity index (χ0) is 20.8. The Morgan fingerprint density at radius 3 is 2.77 bits per heavy atom. The van der Waals surface area contributed by atoms with Crippen molar-refractivity contribution in [2.75, 3.05) is 5.32 Å². The minimum Gasteiger partial charge on any atom is -0.328 e. The second-order valence-corrected chi connectivity index (χ2v) is 8.58. The number of hydrogen-bond donors (Lipinski definition) is 2. The van der Waals surface area contributed by atoms with Crippen molar-refractivity contribution >= 4 is 28.0 Å². The Hall–Kier alpha value is -3.56. The number of imidazole rings is 1. The van der Waals surface area contributed by atoms with Crippen LogP contribution in [0, 0.1) is 6.92 Å². The molecule has 0 aliphatic carbocycles. The number of nitrogens with one attached hydrogen (secondary N) is 2. The summed E-state index contributed by atoms with van der Waals surface area (Å²) in [5, 5.41) is 11.3. The van der Waals surface area contributed by atoms with Crippen molar-refractivity contribution < 1.29 is 0 Å². The maximum atomic E-state index is 4.68. The molecule has 0 saturated heterocycles. The van der Waals surface area contributed by atoms with Crippen molar-refractivity contribution in [3.8, 4) is 11.3 Å². The van der Waals surface area contributed by atoms with Crippen LogP contribution < -0.4 is 5.32 Å². The van der Waals surface area contributed by atoms with Crippen LogP contribution in [0.4, 0.5) is 10.8 Å². The van der Waals surface area contributed by atoms with Crippen LogP contribution in [0.15, 0.2) is 55.1 Å². The van der Waals surface area contributed by atoms with Crippen molar-refractivity contribution in [2.45, 2.75) is 26.6 Å². The third kappa shape index (κ3) is 3.37. The molecule has 0 spiro atoms. The predicted molar refractivity (Wildman–Crippen MR) is 120 cm³/mol. The van der Waals surface area contributed by atoms with Crippen LogP contribution in [0.1, 0.15) is 22.5 Å². The van der Waals surface area contributed by atoms with Crippen LogP contribution in [-0.2, 0) is 19.6 Å². The highest BCUT2D eigenvalue weighted by molar-refractivity contribution is 7.10. The molecule has 1 aliphatic rings. The van der Waals surface area contributed by atoms with Gasteiger partial charge in [-0.1, -0.05) is 24.3 Å². The average molecular weight is 429 g/mol. The molecule has 31 heavy (non-hydrogen) atoms. The van der Waals surface area contributed by atoms with Crippen molar-refractivity contribution in [3.05, 3.63) is 77.6 Å². The highest BCUT2D eigenvalue weighted by Crippen LogP contribution is 2.29. The van der Waals surface area contributed by atoms with Gasteiger partial charge in [0.1, 0.15) is 5.00 Å². The molecule has 0 amide bonds. The highest BCUT2D eigenvalue weighted by atomic mass is 32.1. The molecular formula is C22H20N8S. The standard InChI is InChI=1S/C22H20N8S/c1-14-10-30-19(17-7-24-25-8-17)9-23-22(30)21(26-14)27-20-6-18(28-31-20)13-29-11-15-4-2-3-5-16(15)12-29/h2-10H,11-13H2,1H3,(H,24,25)(H,26,27). The number of benzene rings is 1. The lowest BCUT2D eigenvalue weighted by Crippen LogP contribution is -2.15. The second kappa shape index (κ2) is 7.29. The summed E-state index contributed by atoms with van der Waals surface area (Å²) in [4.78, 5) is 11.7. The smallest absolute Gasteiger partial charge is 0.180 e. The highest BCUT2D eigenvalue weighted by Gasteiger charge is 2.19. The monoisotopic (exact) mass is 428 g/mol. The molecule has 0 radical (unpaired) electrons. The van der Waals surface area contributed by atoms with E-state index < -0.39 is 0 Å². The van der Waals surface area contributed by atoms with Gasteiger partial charge in [-0.3, -0.25) is 14.4 Å². The number of nitrogens with zero attached hydrogens (tertiary/aromatic N) is 6. The fourth-order valence-electron chi connectivity index (χ4n) is 4.10. The Morgan fingerprint density at radius 1 is 1.16 bits per heavy atom. The molecule has 4 aromatic heterocycles. The molecule has 1 aliphatic heterocycles. The Kier molecular flexibility index (Phi) is 4.29. The average Bonchev–Trinajstić information content (AvgIpc) is 3.54. The molecule has 154 valence electrons. The Morgan fingerprint density at radius 2 is 2.00 bits per heavy atom. The van der Waals surface area contributed by atoms with Crippen LogP contribution in [-0.4, -0.2) is 33.8 Å². The zero-order valence-electron chi connectivity index (χ0n) is 16.9. The van der Waals surface area contributed by atoms with Crippen LogP contribution in [0.3, 0.4) is 0 Å². The van der Waals surface area contributed by atoms with Crippen molar-refractivity contribution in [3.63, 3.8) is 0 Å². The fraction of sp³-hybridized carbons (Fsp3) is 0.182. The number of aromatic nitrogens is 6. The molecule has 9 heteroatoms. The van der Waals surface area contributed by atoms with E-state index >= 15 is 0 Å². The first-order valence-corrected chi connectivity index (χ1v) is 10.9. The van der Waals surface area contributed by atoms with Gasteiger partial charge in [0.05, 0.1) is 29.5 Å². The largest absolute Gasteiger partial charge is 0.328 e. The lowest BCUT2D eigenvalue weighted by molar-refractivity contribution is 0.273. The van der Waals surface area contributed by atoms with E-state index in [9.17, 15) is 0 Å². The van der Waals surface area contributed by atoms with Gasteiger partial charge in [-0.25, -0.2) is 9.97 Å². The van der Waals surface area contributed by atoms with E-state index in [1.54, 1.807) is 6.20 Å². The third-order valence-corrected chi connectivity index (χ3v) is 6.24. The fourth-order valence-corrected chi connectivity index (χ4v) is 4.76. The minimum atomic E-state index is 0.721. The number of anilines is 2. The summed E-state index contributed by atoms with van der Waals surface area (Å²) in [5.74, 6) is 0.721. The lowest BCUT2D eigenvalue weighted by atomic mass is 10.1. The summed E-state index contributed by atoms with van der Waals surface area (Å²) >= 11 is 1.45. The van der Waals surface area contributed by atoms with E-state index in [4.69, 9.17) is 0 Å². The molecule has 0 unspecified atom stereocenters. The van der Waals surface area contributed by atoms with Gasteiger partial charge in [0.25, 0.3) is 0 Å². The van der Waals surface area contributed by atoms with Crippen LogP contribution in [0.2, 0.25) is 0 Å². The number of rotatable bonds is 5. The Labute approximate surface area is 182 Å². The summed E-state index contributed by atoms with van der Waals surface area (Å²) in [6.07, 6.45) is 7.48. The van der Waals surface area contributed by atoms with E-state index in [2.05, 4.69) is 65.1 Å². The summed E-state index contributed by atoms with van der Waals surface area (Å²) < 4.78 is 6.70. The Balaban J connectivity index is 1.23. The van der Waals surface area contributed by atoms with Crippen molar-refractivity contribution in [1.29, 1.82) is 0 Å². The van der Waals surface area contributed by atoms with Gasteiger partial charge in [0.2, 0.25) is 0 Å². The summed E-state index contributed by atoms with van der Waals surface area (Å²) in [6.45, 7) is 4.76. The first-order chi connectivity index (χ1) is 15.2. The molecule has 5 aromatic rings. The SMILES string of the molecule is Cc1cn2c(-c3cn[nH]c3)cnc2c(Nc2cc(CN3Cc4ccccc4C3)ns2)n1. The first kappa shape index (κ1) is 18.2. The zero-order valence-corrected chi connectivity index (χ0v) is 17.7. The van der Waals surface area contributed by atoms with Crippen molar-refractivity contribution in [2.24, 2.45) is 0 Å². The van der Waals surface area contributed by atoms with Gasteiger partial charge in [-0.2, -0.15) is 9.47 Å². The Bertz CT molecular complexity index is 1340. The second-order valence-electron chi connectivity index (χ2n) is 7.78. The maximum Gasteiger partial charge on any atom is 0.180 e. The molecule has 0 bridgehead atoms. The van der Waals surface area contributed by atoms with E-state index in [1.807, 2.05) is 29.9 Å². The number of aromatic amines is 1. The lowest BCUT2D eigenvalue weighted by Gasteiger charge is -2.12. The molecule has 1 aromatic carbocycles. The number of fused-ring (bicyclic) bond motifs is 2. The van der Waals surface area contributed by atoms with Gasteiger partial charge >= 0.3 is 0 Å². The van der Waals surface area contributed by atoms with Gasteiger partial charge in [0, 0.05) is 37.6 Å². The summed E-state index contributed by atoms with van der Waals surface area (Å²) in [6, 6.07) is 10.7. The number of hydrogen-bond acceptors (Lipinski definition) is 7. The van der Waals surface area contributed by atoms with Crippen LogP contribution in [0.25, 0.3) is 16.9 Å². The van der Waals surface area contributed by atoms with E-state index in [0.29, 0.717) is 0 Å². The third-order valence-electron chi connectivity index (χ3n) is 5.50. The summed E-state index contributed by atoms with van der Waals surface area (Å²) in [7, 11) is 0. The van der Waals surface area contributed by atoms with E-state index in [1.165, 1.54) is 22.7 Å². The molecule has 2 N–H and O–H groups in total. The topological polar surface area (TPSA) is 87.0 Å². The van der Waals surface area contributed by atoms with Crippen LogP contribution >= 0.6 is 11.5 Å². The summed E-state index contributed by atoms with van der Waals surface area (Å²) in [5.41, 5.74) is 7.51. The molecule has 0 fully saturated rings. The number of H-pyrrole nitrogens is 1. The maximum absolute atomic E-state index is 4.68. The van der Waals surface area contributed by atoms with Gasteiger partial charge in [0.15, 0.2) is 11.5 Å². The van der Waals surface area contributed by atoms with Gasteiger partial charge in [-0.15, -0.1) is 0 Å².